The average molecular weight is 269 g/mol. The highest BCUT2D eigenvalue weighted by molar-refractivity contribution is 9.10. The van der Waals surface area contributed by atoms with Crippen molar-refractivity contribution in [2.45, 2.75) is 0 Å². The van der Waals surface area contributed by atoms with E-state index in [0.29, 0.717) is 10.6 Å². The van der Waals surface area contributed by atoms with Crippen LogP contribution in [0.4, 0.5) is 0 Å². The van der Waals surface area contributed by atoms with Crippen molar-refractivity contribution in [2.24, 2.45) is 5.16 Å². The van der Waals surface area contributed by atoms with Gasteiger partial charge >= 0.3 is 0 Å². The topological polar surface area (TPSA) is 32.6 Å². The summed E-state index contributed by atoms with van der Waals surface area (Å²) in [4.78, 5) is 0. The standard InChI is InChI=1S/C7H4BrCl2NO/c8-5-1-4(7(10)11-12)2-6(9)3-5/h1-3,12H/b11-7-. The van der Waals surface area contributed by atoms with Crippen molar-refractivity contribution in [1.29, 1.82) is 0 Å². The second-order valence-electron chi connectivity index (χ2n) is 2.05. The number of benzene rings is 1. The van der Waals surface area contributed by atoms with Gasteiger partial charge in [-0.2, -0.15) is 0 Å². The van der Waals surface area contributed by atoms with Crippen LogP contribution in [0.5, 0.6) is 0 Å². The molecule has 0 aliphatic heterocycles. The van der Waals surface area contributed by atoms with Crippen molar-refractivity contribution in [3.8, 4) is 0 Å². The van der Waals surface area contributed by atoms with Gasteiger partial charge in [-0.05, 0) is 18.2 Å². The summed E-state index contributed by atoms with van der Waals surface area (Å²) >= 11 is 14.5. The molecular weight excluding hydrogens is 265 g/mol. The Morgan fingerprint density at radius 3 is 2.58 bits per heavy atom. The molecule has 0 atom stereocenters. The molecule has 1 rings (SSSR count). The molecule has 1 aromatic rings. The third-order valence-electron chi connectivity index (χ3n) is 1.19. The molecule has 0 heterocycles. The number of hydrogen-bond acceptors (Lipinski definition) is 2. The van der Waals surface area contributed by atoms with E-state index in [4.69, 9.17) is 28.4 Å². The van der Waals surface area contributed by atoms with E-state index < -0.39 is 0 Å². The lowest BCUT2D eigenvalue weighted by Gasteiger charge is -1.98. The van der Waals surface area contributed by atoms with Gasteiger partial charge in [-0.15, -0.1) is 0 Å². The first-order valence-electron chi connectivity index (χ1n) is 2.97. The Hall–Kier alpha value is -0.250. The third kappa shape index (κ3) is 2.37. The molecular formula is C7H4BrCl2NO. The zero-order valence-corrected chi connectivity index (χ0v) is 8.86. The Bertz CT molecular complexity index is 307. The lowest BCUT2D eigenvalue weighted by atomic mass is 10.2. The Morgan fingerprint density at radius 2 is 2.08 bits per heavy atom. The van der Waals surface area contributed by atoms with Crippen molar-refractivity contribution in [3.63, 3.8) is 0 Å². The predicted molar refractivity (Wildman–Crippen MR) is 53.3 cm³/mol. The van der Waals surface area contributed by atoms with Gasteiger partial charge in [0, 0.05) is 15.1 Å². The summed E-state index contributed by atoms with van der Waals surface area (Å²) in [7, 11) is 0. The summed E-state index contributed by atoms with van der Waals surface area (Å²) in [6.45, 7) is 0. The highest BCUT2D eigenvalue weighted by Gasteiger charge is 2.02. The summed E-state index contributed by atoms with van der Waals surface area (Å²) in [5, 5.41) is 11.8. The molecule has 64 valence electrons. The van der Waals surface area contributed by atoms with Crippen molar-refractivity contribution in [2.75, 3.05) is 0 Å². The predicted octanol–water partition coefficient (Wildman–Crippen LogP) is 3.48. The van der Waals surface area contributed by atoms with Crippen LogP contribution in [0.1, 0.15) is 5.56 Å². The summed E-state index contributed by atoms with van der Waals surface area (Å²) in [6, 6.07) is 5.02. The molecule has 0 aliphatic carbocycles. The maximum atomic E-state index is 8.37. The zero-order valence-electron chi connectivity index (χ0n) is 5.76. The third-order valence-corrected chi connectivity index (χ3v) is 2.16. The van der Waals surface area contributed by atoms with Crippen molar-refractivity contribution in [1.82, 2.24) is 0 Å². The molecule has 0 unspecified atom stereocenters. The molecule has 1 N–H and O–H groups in total. The van der Waals surface area contributed by atoms with Crippen LogP contribution in [-0.2, 0) is 0 Å². The smallest absolute Gasteiger partial charge is 0.175 e. The Labute approximate surface area is 87.9 Å². The lowest BCUT2D eigenvalue weighted by molar-refractivity contribution is 0.321. The number of nitrogens with zero attached hydrogens (tertiary/aromatic N) is 1. The van der Waals surface area contributed by atoms with E-state index in [9.17, 15) is 0 Å². The van der Waals surface area contributed by atoms with E-state index in [1.165, 1.54) is 0 Å². The Kier molecular flexibility index (Phi) is 3.38. The normalized spacial score (nSPS) is 11.8. The Balaban J connectivity index is 3.17. The molecule has 12 heavy (non-hydrogen) atoms. The molecule has 0 aliphatic rings. The fourth-order valence-corrected chi connectivity index (χ4v) is 1.70. The summed E-state index contributed by atoms with van der Waals surface area (Å²) < 4.78 is 0.784. The van der Waals surface area contributed by atoms with Crippen LogP contribution in [0.15, 0.2) is 27.8 Å². The minimum absolute atomic E-state index is 0.0122. The van der Waals surface area contributed by atoms with Gasteiger partial charge in [-0.3, -0.25) is 0 Å². The number of oxime groups is 1. The van der Waals surface area contributed by atoms with Gasteiger partial charge in [0.15, 0.2) is 5.17 Å². The molecule has 2 nitrogen and oxygen atoms in total. The molecule has 0 saturated carbocycles. The fourth-order valence-electron chi connectivity index (χ4n) is 0.731. The van der Waals surface area contributed by atoms with E-state index in [1.54, 1.807) is 18.2 Å². The van der Waals surface area contributed by atoms with Gasteiger partial charge in [-0.1, -0.05) is 44.3 Å². The van der Waals surface area contributed by atoms with Gasteiger partial charge in [-0.25, -0.2) is 0 Å². The highest BCUT2D eigenvalue weighted by Crippen LogP contribution is 2.20. The van der Waals surface area contributed by atoms with Crippen LogP contribution in [0.25, 0.3) is 0 Å². The van der Waals surface area contributed by atoms with E-state index in [-0.39, 0.29) is 5.17 Å². The Morgan fingerprint density at radius 1 is 1.42 bits per heavy atom. The van der Waals surface area contributed by atoms with Gasteiger partial charge in [0.1, 0.15) is 0 Å². The largest absolute Gasteiger partial charge is 0.410 e. The van der Waals surface area contributed by atoms with Crippen LogP contribution < -0.4 is 0 Å². The van der Waals surface area contributed by atoms with E-state index in [0.717, 1.165) is 4.47 Å². The van der Waals surface area contributed by atoms with Gasteiger partial charge in [0.05, 0.1) is 0 Å². The van der Waals surface area contributed by atoms with E-state index in [1.807, 2.05) is 0 Å². The molecule has 0 radical (unpaired) electrons. The molecule has 0 saturated heterocycles. The molecule has 0 fully saturated rings. The second kappa shape index (κ2) is 4.12. The quantitative estimate of drug-likeness (QED) is 0.472. The molecule has 0 spiro atoms. The van der Waals surface area contributed by atoms with Gasteiger partial charge in [0.25, 0.3) is 0 Å². The summed E-state index contributed by atoms with van der Waals surface area (Å²) in [6.07, 6.45) is 0. The monoisotopic (exact) mass is 267 g/mol. The van der Waals surface area contributed by atoms with Crippen LogP contribution in [0.3, 0.4) is 0 Å². The lowest BCUT2D eigenvalue weighted by Crippen LogP contribution is -1.90. The highest BCUT2D eigenvalue weighted by atomic mass is 79.9. The van der Waals surface area contributed by atoms with Crippen molar-refractivity contribution < 1.29 is 5.21 Å². The van der Waals surface area contributed by atoms with E-state index in [2.05, 4.69) is 21.1 Å². The van der Waals surface area contributed by atoms with Crippen LogP contribution in [0.2, 0.25) is 5.02 Å². The average Bonchev–Trinajstić information content (AvgIpc) is 2.01. The molecule has 0 bridgehead atoms. The summed E-state index contributed by atoms with van der Waals surface area (Å²) in [5.41, 5.74) is 0.568. The minimum Gasteiger partial charge on any atom is -0.410 e. The number of hydrogen-bond donors (Lipinski definition) is 1. The first-order chi connectivity index (χ1) is 5.63. The first kappa shape index (κ1) is 9.84. The van der Waals surface area contributed by atoms with Crippen LogP contribution >= 0.6 is 39.1 Å². The van der Waals surface area contributed by atoms with Crippen molar-refractivity contribution >= 4 is 44.3 Å². The number of rotatable bonds is 1. The molecule has 0 aromatic heterocycles. The summed E-state index contributed by atoms with van der Waals surface area (Å²) in [5.74, 6) is 0. The second-order valence-corrected chi connectivity index (χ2v) is 3.76. The molecule has 5 heteroatoms. The van der Waals surface area contributed by atoms with Crippen molar-refractivity contribution in [3.05, 3.63) is 33.3 Å². The van der Waals surface area contributed by atoms with E-state index >= 15 is 0 Å². The minimum atomic E-state index is 0.0122. The number of halogens is 3. The van der Waals surface area contributed by atoms with Crippen LogP contribution in [0, 0.1) is 0 Å². The fraction of sp³-hybridized carbons (Fsp3) is 0. The SMILES string of the molecule is O/N=C(\Cl)c1cc(Cl)cc(Br)c1. The molecule has 0 amide bonds. The zero-order chi connectivity index (χ0) is 9.14. The molecule has 1 aromatic carbocycles. The van der Waals surface area contributed by atoms with Gasteiger partial charge in [0.2, 0.25) is 0 Å². The van der Waals surface area contributed by atoms with Crippen LogP contribution in [-0.4, -0.2) is 10.4 Å². The van der Waals surface area contributed by atoms with Gasteiger partial charge < -0.3 is 5.21 Å². The maximum Gasteiger partial charge on any atom is 0.175 e. The first-order valence-corrected chi connectivity index (χ1v) is 4.52. The maximum absolute atomic E-state index is 8.37.